The van der Waals surface area contributed by atoms with Crippen LogP contribution in [-0.4, -0.2) is 20.5 Å². The van der Waals surface area contributed by atoms with E-state index in [4.69, 9.17) is 12.2 Å². The molecule has 0 amide bonds. The molecule has 29 heavy (non-hydrogen) atoms. The molecule has 1 atom stereocenters. The first kappa shape index (κ1) is 19.3. The second kappa shape index (κ2) is 6.81. The summed E-state index contributed by atoms with van der Waals surface area (Å²) in [6.45, 7) is 0. The largest absolute Gasteiger partial charge is 0.480 e. The van der Waals surface area contributed by atoms with Gasteiger partial charge in [-0.25, -0.2) is 4.79 Å². The van der Waals surface area contributed by atoms with E-state index in [1.54, 1.807) is 18.2 Å². The zero-order valence-corrected chi connectivity index (χ0v) is 15.7. The Balaban J connectivity index is 1.97. The number of alkyl halides is 3. The van der Waals surface area contributed by atoms with Gasteiger partial charge < -0.3 is 5.11 Å². The van der Waals surface area contributed by atoms with Gasteiger partial charge in [0.2, 0.25) is 0 Å². The third-order valence-electron chi connectivity index (χ3n) is 5.12. The molecule has 0 saturated heterocycles. The minimum atomic E-state index is -4.79. The molecular formula is C21H14F3NO3S. The number of rotatable bonds is 3. The number of hydrogen-bond acceptors (Lipinski definition) is 3. The van der Waals surface area contributed by atoms with Gasteiger partial charge in [0.25, 0.3) is 5.56 Å². The molecule has 2 heterocycles. The summed E-state index contributed by atoms with van der Waals surface area (Å²) in [5.74, 6) is -1.39. The lowest BCUT2D eigenvalue weighted by atomic mass is 9.94. The summed E-state index contributed by atoms with van der Waals surface area (Å²) in [5.41, 5.74) is -1.90. The third kappa shape index (κ3) is 3.23. The maximum Gasteiger partial charge on any atom is 0.418 e. The molecule has 2 aromatic carbocycles. The van der Waals surface area contributed by atoms with Gasteiger partial charge in [-0.3, -0.25) is 9.36 Å². The molecule has 0 aliphatic carbocycles. The molecule has 0 unspecified atom stereocenters. The van der Waals surface area contributed by atoms with Crippen LogP contribution in [0, 0.1) is 0 Å². The number of hydrogen-bond donors (Lipinski definition) is 1. The molecule has 4 nitrogen and oxygen atoms in total. The zero-order valence-electron chi connectivity index (χ0n) is 14.9. The number of thiocarbonyl (C=S) groups is 1. The first-order chi connectivity index (χ1) is 13.7. The predicted molar refractivity (Wildman–Crippen MR) is 105 cm³/mol. The van der Waals surface area contributed by atoms with Crippen LogP contribution in [0.25, 0.3) is 10.8 Å². The van der Waals surface area contributed by atoms with Crippen molar-refractivity contribution in [3.63, 3.8) is 0 Å². The quantitative estimate of drug-likeness (QED) is 0.644. The highest BCUT2D eigenvalue weighted by atomic mass is 32.1. The van der Waals surface area contributed by atoms with E-state index in [1.165, 1.54) is 0 Å². The zero-order chi connectivity index (χ0) is 20.9. The van der Waals surface area contributed by atoms with Crippen molar-refractivity contribution < 1.29 is 23.1 Å². The van der Waals surface area contributed by atoms with Gasteiger partial charge in [-0.05, 0) is 28.3 Å². The average molecular weight is 417 g/mol. The minimum absolute atomic E-state index is 0.125. The van der Waals surface area contributed by atoms with E-state index in [1.807, 2.05) is 24.3 Å². The first-order valence-corrected chi connectivity index (χ1v) is 9.17. The number of aliphatic carboxylic acids is 1. The Labute approximate surface area is 168 Å². The van der Waals surface area contributed by atoms with Gasteiger partial charge >= 0.3 is 12.1 Å². The van der Waals surface area contributed by atoms with Gasteiger partial charge in [0.15, 0.2) is 0 Å². The van der Waals surface area contributed by atoms with Crippen LogP contribution in [0.5, 0.6) is 0 Å². The fourth-order valence-electron chi connectivity index (χ4n) is 3.93. The van der Waals surface area contributed by atoms with Crippen LogP contribution in [0.3, 0.4) is 0 Å². The molecule has 0 fully saturated rings. The second-order valence-electron chi connectivity index (χ2n) is 6.90. The lowest BCUT2D eigenvalue weighted by Gasteiger charge is -2.19. The summed E-state index contributed by atoms with van der Waals surface area (Å²) >= 11 is 5.06. The Morgan fingerprint density at radius 2 is 1.83 bits per heavy atom. The summed E-state index contributed by atoms with van der Waals surface area (Å²) in [6, 6.07) is 12.1. The van der Waals surface area contributed by atoms with E-state index in [9.17, 15) is 27.9 Å². The highest BCUT2D eigenvalue weighted by Gasteiger charge is 2.44. The van der Waals surface area contributed by atoms with E-state index in [2.05, 4.69) is 0 Å². The van der Waals surface area contributed by atoms with Crippen molar-refractivity contribution in [1.82, 2.24) is 4.57 Å². The van der Waals surface area contributed by atoms with Crippen LogP contribution in [0.1, 0.15) is 34.8 Å². The fraction of sp³-hybridized carbons (Fsp3) is 0.190. The number of fused-ring (bicyclic) bond motifs is 2. The minimum Gasteiger partial charge on any atom is -0.480 e. The fourth-order valence-corrected chi connectivity index (χ4v) is 4.28. The van der Waals surface area contributed by atoms with Crippen molar-refractivity contribution in [2.24, 2.45) is 0 Å². The van der Waals surface area contributed by atoms with Crippen molar-refractivity contribution >= 4 is 33.8 Å². The number of benzene rings is 2. The van der Waals surface area contributed by atoms with Crippen molar-refractivity contribution in [2.75, 3.05) is 0 Å². The van der Waals surface area contributed by atoms with Crippen LogP contribution in [0.2, 0.25) is 0 Å². The smallest absolute Gasteiger partial charge is 0.418 e. The molecule has 4 rings (SSSR count). The molecule has 0 bridgehead atoms. The highest BCUT2D eigenvalue weighted by molar-refractivity contribution is 7.80. The molecule has 0 saturated carbocycles. The molecule has 1 aliphatic rings. The highest BCUT2D eigenvalue weighted by Crippen LogP contribution is 2.40. The monoisotopic (exact) mass is 417 g/mol. The topological polar surface area (TPSA) is 59.3 Å². The lowest BCUT2D eigenvalue weighted by molar-refractivity contribution is -0.142. The Kier molecular flexibility index (Phi) is 4.53. The number of nitrogens with zero attached hydrogens (tertiary/aromatic N) is 1. The van der Waals surface area contributed by atoms with Crippen molar-refractivity contribution in [1.29, 1.82) is 0 Å². The molecule has 148 valence electrons. The summed E-state index contributed by atoms with van der Waals surface area (Å²) in [4.78, 5) is 23.9. The molecule has 1 N–H and O–H groups in total. The maximum atomic E-state index is 14.0. The van der Waals surface area contributed by atoms with Crippen LogP contribution in [0.15, 0.2) is 53.3 Å². The van der Waals surface area contributed by atoms with E-state index >= 15 is 0 Å². The lowest BCUT2D eigenvalue weighted by Crippen LogP contribution is -2.30. The number of carboxylic acid groups (broad SMARTS) is 1. The summed E-state index contributed by atoms with van der Waals surface area (Å²) in [7, 11) is 0. The number of pyridine rings is 1. The maximum absolute atomic E-state index is 14.0. The van der Waals surface area contributed by atoms with E-state index in [-0.39, 0.29) is 23.3 Å². The van der Waals surface area contributed by atoms with Gasteiger partial charge in [0, 0.05) is 17.4 Å². The summed E-state index contributed by atoms with van der Waals surface area (Å²) < 4.78 is 42.8. The van der Waals surface area contributed by atoms with E-state index < -0.39 is 35.0 Å². The second-order valence-corrected chi connectivity index (χ2v) is 7.39. The van der Waals surface area contributed by atoms with Crippen LogP contribution in [-0.2, 0) is 17.4 Å². The SMILES string of the molecule is O=C(O)[C@H]1CC(=S)c2c(C(F)(F)F)c(Cc3cccc4ccccc34)cc(=O)n21. The van der Waals surface area contributed by atoms with E-state index in [0.29, 0.717) is 10.1 Å². The number of carboxylic acids is 1. The Bertz CT molecular complexity index is 1220. The predicted octanol–water partition coefficient (Wildman–Crippen LogP) is 4.36. The van der Waals surface area contributed by atoms with E-state index in [0.717, 1.165) is 16.8 Å². The summed E-state index contributed by atoms with van der Waals surface area (Å²) in [5, 5.41) is 11.0. The molecule has 1 aliphatic heterocycles. The first-order valence-electron chi connectivity index (χ1n) is 8.76. The number of aromatic nitrogens is 1. The molecule has 3 aromatic rings. The number of carbonyl (C=O) groups is 1. The van der Waals surface area contributed by atoms with Crippen molar-refractivity contribution in [3.8, 4) is 0 Å². The van der Waals surface area contributed by atoms with Crippen LogP contribution >= 0.6 is 12.2 Å². The molecule has 0 spiro atoms. The van der Waals surface area contributed by atoms with Crippen LogP contribution < -0.4 is 5.56 Å². The van der Waals surface area contributed by atoms with Gasteiger partial charge in [0.1, 0.15) is 6.04 Å². The molecule has 8 heteroatoms. The normalized spacial score (nSPS) is 16.2. The van der Waals surface area contributed by atoms with Crippen molar-refractivity contribution in [2.45, 2.75) is 25.1 Å². The third-order valence-corrected chi connectivity index (χ3v) is 5.48. The van der Waals surface area contributed by atoms with Crippen LogP contribution in [0.4, 0.5) is 13.2 Å². The Hall–Kier alpha value is -3.00. The Morgan fingerprint density at radius 3 is 2.52 bits per heavy atom. The number of halogens is 3. The standard InChI is InChI=1S/C21H14F3NO3S/c22-21(23,24)18-13(8-12-6-3-5-11-4-1-2-7-14(11)12)9-17(26)25-15(20(27)28)10-16(29)19(18)25/h1-7,9,15H,8,10H2,(H,27,28)/t15-/m1/s1. The van der Waals surface area contributed by atoms with Gasteiger partial charge in [0.05, 0.1) is 11.3 Å². The van der Waals surface area contributed by atoms with Gasteiger partial charge in [-0.15, -0.1) is 0 Å². The summed E-state index contributed by atoms with van der Waals surface area (Å²) in [6.07, 6.45) is -5.22. The van der Waals surface area contributed by atoms with Gasteiger partial charge in [-0.1, -0.05) is 54.7 Å². The average Bonchev–Trinajstić information content (AvgIpc) is 2.99. The Morgan fingerprint density at radius 1 is 1.14 bits per heavy atom. The van der Waals surface area contributed by atoms with Gasteiger partial charge in [-0.2, -0.15) is 13.2 Å². The molecular weight excluding hydrogens is 403 g/mol. The van der Waals surface area contributed by atoms with Crippen molar-refractivity contribution in [3.05, 3.63) is 81.3 Å². The molecule has 0 radical (unpaired) electrons. The molecule has 1 aromatic heterocycles.